The van der Waals surface area contributed by atoms with Gasteiger partial charge in [-0.05, 0) is 44.4 Å². The van der Waals surface area contributed by atoms with Crippen LogP contribution in [0.25, 0.3) is 0 Å². The fraction of sp³-hybridized carbons (Fsp3) is 0.500. The molecule has 2 N–H and O–H groups in total. The number of hydrogen-bond acceptors (Lipinski definition) is 4. The van der Waals surface area contributed by atoms with E-state index in [4.69, 9.17) is 4.74 Å². The van der Waals surface area contributed by atoms with Gasteiger partial charge in [0.1, 0.15) is 0 Å². The summed E-state index contributed by atoms with van der Waals surface area (Å²) in [5.41, 5.74) is 1.82. The lowest BCUT2D eigenvalue weighted by Crippen LogP contribution is -2.48. The highest BCUT2D eigenvalue weighted by atomic mass is 16.5. The van der Waals surface area contributed by atoms with Crippen molar-refractivity contribution in [3.8, 4) is 0 Å². The quantitative estimate of drug-likeness (QED) is 0.837. The molecule has 0 bridgehead atoms. The van der Waals surface area contributed by atoms with Gasteiger partial charge >= 0.3 is 5.97 Å². The van der Waals surface area contributed by atoms with Crippen molar-refractivity contribution in [3.63, 3.8) is 0 Å². The lowest BCUT2D eigenvalue weighted by Gasteiger charge is -2.29. The number of amides is 1. The number of benzene rings is 1. The van der Waals surface area contributed by atoms with Crippen LogP contribution in [0.2, 0.25) is 0 Å². The molecule has 0 aliphatic carbocycles. The molecule has 1 aromatic carbocycles. The predicted molar refractivity (Wildman–Crippen MR) is 81.3 cm³/mol. The van der Waals surface area contributed by atoms with Crippen LogP contribution < -0.4 is 10.6 Å². The zero-order chi connectivity index (χ0) is 15.4. The maximum Gasteiger partial charge on any atom is 0.339 e. The van der Waals surface area contributed by atoms with Crippen LogP contribution in [0.1, 0.15) is 35.7 Å². The number of esters is 1. The van der Waals surface area contributed by atoms with Gasteiger partial charge in [0.25, 0.3) is 0 Å². The molecule has 0 spiro atoms. The largest absolute Gasteiger partial charge is 0.465 e. The van der Waals surface area contributed by atoms with E-state index in [1.807, 2.05) is 13.0 Å². The molecule has 5 heteroatoms. The molecule has 1 amide bonds. The predicted octanol–water partition coefficient (Wildman–Crippen LogP) is 2.11. The summed E-state index contributed by atoms with van der Waals surface area (Å²) in [7, 11) is 1.33. The number of piperidine rings is 1. The molecule has 0 radical (unpaired) electrons. The van der Waals surface area contributed by atoms with Gasteiger partial charge in [0.05, 0.1) is 24.4 Å². The third kappa shape index (κ3) is 3.61. The van der Waals surface area contributed by atoms with Crippen molar-refractivity contribution in [2.45, 2.75) is 32.7 Å². The van der Waals surface area contributed by atoms with Gasteiger partial charge in [0.15, 0.2) is 0 Å². The maximum absolute atomic E-state index is 12.4. The van der Waals surface area contributed by atoms with E-state index in [1.54, 1.807) is 12.1 Å². The van der Waals surface area contributed by atoms with Gasteiger partial charge in [-0.1, -0.05) is 18.6 Å². The van der Waals surface area contributed by atoms with E-state index in [-0.39, 0.29) is 17.9 Å². The second-order valence-corrected chi connectivity index (χ2v) is 5.58. The summed E-state index contributed by atoms with van der Waals surface area (Å²) >= 11 is 0. The molecule has 1 saturated heterocycles. The van der Waals surface area contributed by atoms with Gasteiger partial charge in [0, 0.05) is 0 Å². The molecule has 2 rings (SSSR count). The zero-order valence-corrected chi connectivity index (χ0v) is 12.7. The van der Waals surface area contributed by atoms with Crippen molar-refractivity contribution in [1.82, 2.24) is 5.32 Å². The fourth-order valence-corrected chi connectivity index (χ4v) is 2.66. The van der Waals surface area contributed by atoms with E-state index in [2.05, 4.69) is 17.6 Å². The number of anilines is 1. The smallest absolute Gasteiger partial charge is 0.339 e. The summed E-state index contributed by atoms with van der Waals surface area (Å²) in [4.78, 5) is 24.2. The Balaban J connectivity index is 2.18. The standard InChI is InChI=1S/C16H22N2O3/c1-10-6-7-13(12(9-10)16(20)21-3)18-15(19)14-11(2)5-4-8-17-14/h6-7,9,11,14,17H,4-5,8H2,1-3H3,(H,18,19). The van der Waals surface area contributed by atoms with Crippen LogP contribution in [0.5, 0.6) is 0 Å². The third-order valence-electron chi connectivity index (χ3n) is 3.89. The van der Waals surface area contributed by atoms with Gasteiger partial charge in [-0.15, -0.1) is 0 Å². The lowest BCUT2D eigenvalue weighted by atomic mass is 9.92. The Morgan fingerprint density at radius 2 is 2.14 bits per heavy atom. The second kappa shape index (κ2) is 6.72. The Morgan fingerprint density at radius 3 is 2.81 bits per heavy atom. The number of methoxy groups -OCH3 is 1. The number of nitrogens with one attached hydrogen (secondary N) is 2. The monoisotopic (exact) mass is 290 g/mol. The van der Waals surface area contributed by atoms with Crippen molar-refractivity contribution in [2.24, 2.45) is 5.92 Å². The molecule has 0 saturated carbocycles. The molecular weight excluding hydrogens is 268 g/mol. The first-order chi connectivity index (χ1) is 10.0. The highest BCUT2D eigenvalue weighted by Gasteiger charge is 2.28. The molecule has 1 fully saturated rings. The minimum atomic E-state index is -0.446. The van der Waals surface area contributed by atoms with E-state index in [1.165, 1.54) is 7.11 Å². The van der Waals surface area contributed by atoms with Gasteiger partial charge in [-0.25, -0.2) is 4.79 Å². The van der Waals surface area contributed by atoms with Crippen LogP contribution in [0, 0.1) is 12.8 Å². The van der Waals surface area contributed by atoms with E-state index >= 15 is 0 Å². The van der Waals surface area contributed by atoms with E-state index in [9.17, 15) is 9.59 Å². The lowest BCUT2D eigenvalue weighted by molar-refractivity contribution is -0.119. The highest BCUT2D eigenvalue weighted by molar-refractivity contribution is 6.03. The number of hydrogen-bond donors (Lipinski definition) is 2. The Bertz CT molecular complexity index is 542. The first-order valence-electron chi connectivity index (χ1n) is 7.26. The van der Waals surface area contributed by atoms with Gasteiger partial charge in [-0.3, -0.25) is 4.79 Å². The number of carbonyl (C=O) groups is 2. The summed E-state index contributed by atoms with van der Waals surface area (Å²) in [6.45, 7) is 4.80. The molecule has 1 aliphatic heterocycles. The summed E-state index contributed by atoms with van der Waals surface area (Å²) < 4.78 is 4.77. The number of rotatable bonds is 3. The second-order valence-electron chi connectivity index (χ2n) is 5.58. The Labute approximate surface area is 125 Å². The average Bonchev–Trinajstić information content (AvgIpc) is 2.48. The minimum absolute atomic E-state index is 0.101. The van der Waals surface area contributed by atoms with E-state index < -0.39 is 5.97 Å². The Kier molecular flexibility index (Phi) is 4.96. The van der Waals surface area contributed by atoms with Crippen LogP contribution >= 0.6 is 0 Å². The van der Waals surface area contributed by atoms with Gasteiger partial charge < -0.3 is 15.4 Å². The average molecular weight is 290 g/mol. The summed E-state index contributed by atoms with van der Waals surface area (Å²) in [6.07, 6.45) is 2.12. The number of carbonyl (C=O) groups excluding carboxylic acids is 2. The molecule has 1 aliphatic rings. The van der Waals surface area contributed by atoms with Crippen LogP contribution in [0.4, 0.5) is 5.69 Å². The fourth-order valence-electron chi connectivity index (χ4n) is 2.66. The summed E-state index contributed by atoms with van der Waals surface area (Å²) in [5, 5.41) is 6.09. The van der Waals surface area contributed by atoms with Crippen molar-refractivity contribution < 1.29 is 14.3 Å². The zero-order valence-electron chi connectivity index (χ0n) is 12.7. The molecule has 5 nitrogen and oxygen atoms in total. The molecule has 0 aromatic heterocycles. The van der Waals surface area contributed by atoms with Crippen LogP contribution in [-0.2, 0) is 9.53 Å². The van der Waals surface area contributed by atoms with Crippen LogP contribution in [-0.4, -0.2) is 31.6 Å². The van der Waals surface area contributed by atoms with E-state index in [0.29, 0.717) is 11.3 Å². The van der Waals surface area contributed by atoms with Crippen molar-refractivity contribution in [2.75, 3.05) is 19.0 Å². The Morgan fingerprint density at radius 1 is 1.38 bits per heavy atom. The molecule has 114 valence electrons. The third-order valence-corrected chi connectivity index (χ3v) is 3.89. The van der Waals surface area contributed by atoms with Crippen LogP contribution in [0.15, 0.2) is 18.2 Å². The normalized spacial score (nSPS) is 21.7. The first-order valence-corrected chi connectivity index (χ1v) is 7.26. The number of aryl methyl sites for hydroxylation is 1. The molecular formula is C16H22N2O3. The first kappa shape index (κ1) is 15.5. The molecule has 21 heavy (non-hydrogen) atoms. The van der Waals surface area contributed by atoms with E-state index in [0.717, 1.165) is 24.9 Å². The van der Waals surface area contributed by atoms with Gasteiger partial charge in [-0.2, -0.15) is 0 Å². The molecule has 1 aromatic rings. The maximum atomic E-state index is 12.4. The van der Waals surface area contributed by atoms with Crippen molar-refractivity contribution in [3.05, 3.63) is 29.3 Å². The van der Waals surface area contributed by atoms with Crippen molar-refractivity contribution >= 4 is 17.6 Å². The SMILES string of the molecule is COC(=O)c1cc(C)ccc1NC(=O)C1NCCCC1C. The topological polar surface area (TPSA) is 67.4 Å². The van der Waals surface area contributed by atoms with Gasteiger partial charge in [0.2, 0.25) is 5.91 Å². The molecule has 2 atom stereocenters. The summed E-state index contributed by atoms with van der Waals surface area (Å²) in [5.74, 6) is -0.263. The van der Waals surface area contributed by atoms with Crippen LogP contribution in [0.3, 0.4) is 0 Å². The Hall–Kier alpha value is -1.88. The number of ether oxygens (including phenoxy) is 1. The van der Waals surface area contributed by atoms with Crippen molar-refractivity contribution in [1.29, 1.82) is 0 Å². The summed E-state index contributed by atoms with van der Waals surface area (Å²) in [6, 6.07) is 5.11. The molecule has 1 heterocycles. The molecule has 2 unspecified atom stereocenters. The highest BCUT2D eigenvalue weighted by Crippen LogP contribution is 2.21. The minimum Gasteiger partial charge on any atom is -0.465 e.